The largest absolute Gasteiger partial charge is 0.360 e. The normalized spacial score (nSPS) is 16.9. The number of aryl methyl sites for hydroxylation is 2. The van der Waals surface area contributed by atoms with E-state index in [-0.39, 0.29) is 11.3 Å². The standard InChI is InChI=1S/C21H32ClNOS2/c1-4-16-10-9-11-17(5-2)20(16)23(18(6-3)21(22)24)13-12-19-25-14-7-8-15-26-19/h9-11,18-19H,4-8,12-15H2,1-3H3. The Morgan fingerprint density at radius 3 is 2.19 bits per heavy atom. The zero-order valence-corrected chi connectivity index (χ0v) is 18.7. The fourth-order valence-electron chi connectivity index (χ4n) is 3.60. The van der Waals surface area contributed by atoms with Crippen LogP contribution in [0.15, 0.2) is 18.2 Å². The van der Waals surface area contributed by atoms with Crippen LogP contribution in [0.3, 0.4) is 0 Å². The second-order valence-electron chi connectivity index (χ2n) is 6.72. The fraction of sp³-hybridized carbons (Fsp3) is 0.667. The molecule has 1 heterocycles. The lowest BCUT2D eigenvalue weighted by molar-refractivity contribution is -0.112. The summed E-state index contributed by atoms with van der Waals surface area (Å²) in [6.45, 7) is 7.34. The highest BCUT2D eigenvalue weighted by Gasteiger charge is 2.27. The van der Waals surface area contributed by atoms with Crippen molar-refractivity contribution in [1.29, 1.82) is 0 Å². The van der Waals surface area contributed by atoms with Crippen LogP contribution in [0.5, 0.6) is 0 Å². The topological polar surface area (TPSA) is 20.3 Å². The molecule has 1 saturated heterocycles. The van der Waals surface area contributed by atoms with Gasteiger partial charge in [-0.3, -0.25) is 4.79 Å². The van der Waals surface area contributed by atoms with Crippen LogP contribution >= 0.6 is 35.1 Å². The summed E-state index contributed by atoms with van der Waals surface area (Å²) in [5, 5.41) is -0.235. The molecule has 0 aromatic heterocycles. The molecule has 146 valence electrons. The Morgan fingerprint density at radius 1 is 1.15 bits per heavy atom. The summed E-state index contributed by atoms with van der Waals surface area (Å²) in [5.41, 5.74) is 3.89. The van der Waals surface area contributed by atoms with Gasteiger partial charge in [0.1, 0.15) is 6.04 Å². The number of rotatable bonds is 9. The minimum atomic E-state index is -0.240. The molecular weight excluding hydrogens is 382 g/mol. The van der Waals surface area contributed by atoms with E-state index in [2.05, 4.69) is 67.4 Å². The van der Waals surface area contributed by atoms with Crippen molar-refractivity contribution in [1.82, 2.24) is 0 Å². The maximum Gasteiger partial charge on any atom is 0.244 e. The summed E-state index contributed by atoms with van der Waals surface area (Å²) in [6, 6.07) is 6.29. The minimum absolute atomic E-state index is 0.235. The van der Waals surface area contributed by atoms with Gasteiger partial charge in [0.25, 0.3) is 0 Å². The van der Waals surface area contributed by atoms with Gasteiger partial charge < -0.3 is 4.90 Å². The molecule has 0 spiro atoms. The SMILES string of the molecule is CCc1cccc(CC)c1N(CCC1SCCCCS1)C(CC)C(=O)Cl. The van der Waals surface area contributed by atoms with Gasteiger partial charge in [-0.2, -0.15) is 0 Å². The van der Waals surface area contributed by atoms with E-state index in [1.54, 1.807) is 0 Å². The minimum Gasteiger partial charge on any atom is -0.360 e. The molecule has 1 aliphatic heterocycles. The van der Waals surface area contributed by atoms with E-state index in [1.165, 1.54) is 41.2 Å². The summed E-state index contributed by atoms with van der Waals surface area (Å²) in [4.78, 5) is 14.5. The maximum atomic E-state index is 12.2. The van der Waals surface area contributed by atoms with Crippen LogP contribution in [0.2, 0.25) is 0 Å². The van der Waals surface area contributed by atoms with E-state index in [0.29, 0.717) is 4.58 Å². The molecule has 1 aromatic carbocycles. The molecule has 1 unspecified atom stereocenters. The zero-order valence-electron chi connectivity index (χ0n) is 16.3. The van der Waals surface area contributed by atoms with Crippen LogP contribution in [0.25, 0.3) is 0 Å². The molecule has 1 aliphatic rings. The van der Waals surface area contributed by atoms with Gasteiger partial charge in [-0.15, -0.1) is 23.5 Å². The van der Waals surface area contributed by atoms with E-state index >= 15 is 0 Å². The smallest absolute Gasteiger partial charge is 0.244 e. The molecule has 0 bridgehead atoms. The van der Waals surface area contributed by atoms with Gasteiger partial charge in [-0.05, 0) is 72.8 Å². The number of hydrogen-bond donors (Lipinski definition) is 0. The molecule has 1 fully saturated rings. The number of para-hydroxylation sites is 1. The second-order valence-corrected chi connectivity index (χ2v) is 10.0. The Hall–Kier alpha value is -0.320. The number of nitrogens with zero attached hydrogens (tertiary/aromatic N) is 1. The number of thioether (sulfide) groups is 2. The first kappa shape index (κ1) is 22.0. The van der Waals surface area contributed by atoms with Crippen LogP contribution in [-0.2, 0) is 17.6 Å². The molecule has 0 aliphatic carbocycles. The third-order valence-corrected chi connectivity index (χ3v) is 8.36. The van der Waals surface area contributed by atoms with E-state index in [4.69, 9.17) is 11.6 Å². The van der Waals surface area contributed by atoms with Gasteiger partial charge in [0, 0.05) is 12.2 Å². The fourth-order valence-corrected chi connectivity index (χ4v) is 6.65. The third kappa shape index (κ3) is 5.84. The average molecular weight is 414 g/mol. The third-order valence-electron chi connectivity index (χ3n) is 5.03. The number of carbonyl (C=O) groups is 1. The lowest BCUT2D eigenvalue weighted by atomic mass is 9.99. The monoisotopic (exact) mass is 413 g/mol. The molecule has 26 heavy (non-hydrogen) atoms. The van der Waals surface area contributed by atoms with Gasteiger partial charge in [-0.1, -0.05) is 39.0 Å². The predicted octanol–water partition coefficient (Wildman–Crippen LogP) is 6.14. The van der Waals surface area contributed by atoms with Gasteiger partial charge in [0.15, 0.2) is 0 Å². The molecule has 1 atom stereocenters. The summed E-state index contributed by atoms with van der Waals surface area (Å²) >= 11 is 10.2. The maximum absolute atomic E-state index is 12.2. The molecule has 2 nitrogen and oxygen atoms in total. The van der Waals surface area contributed by atoms with Crippen LogP contribution in [-0.4, -0.2) is 33.9 Å². The van der Waals surface area contributed by atoms with E-state index < -0.39 is 0 Å². The Kier molecular flexibility index (Phi) is 9.73. The zero-order chi connectivity index (χ0) is 18.9. The first-order chi connectivity index (χ1) is 12.6. The first-order valence-corrected chi connectivity index (χ1v) is 12.4. The lowest BCUT2D eigenvalue weighted by Gasteiger charge is -2.35. The van der Waals surface area contributed by atoms with E-state index in [1.807, 2.05) is 0 Å². The predicted molar refractivity (Wildman–Crippen MR) is 120 cm³/mol. The van der Waals surface area contributed by atoms with Crippen LogP contribution in [0.4, 0.5) is 5.69 Å². The highest BCUT2D eigenvalue weighted by atomic mass is 35.5. The average Bonchev–Trinajstić information content (AvgIpc) is 2.93. The molecule has 5 heteroatoms. The number of halogens is 1. The Bertz CT molecular complexity index is 551. The highest BCUT2D eigenvalue weighted by Crippen LogP contribution is 2.35. The van der Waals surface area contributed by atoms with Crippen molar-refractivity contribution in [2.24, 2.45) is 0 Å². The molecule has 0 amide bonds. The molecule has 1 aromatic rings. The van der Waals surface area contributed by atoms with Crippen molar-refractivity contribution in [2.45, 2.75) is 69.9 Å². The first-order valence-electron chi connectivity index (χ1n) is 9.92. The Balaban J connectivity index is 2.30. The highest BCUT2D eigenvalue weighted by molar-refractivity contribution is 8.17. The Labute approximate surface area is 172 Å². The van der Waals surface area contributed by atoms with Crippen LogP contribution in [0, 0.1) is 0 Å². The van der Waals surface area contributed by atoms with Crippen molar-refractivity contribution >= 4 is 46.1 Å². The van der Waals surface area contributed by atoms with Gasteiger partial charge in [0.05, 0.1) is 4.58 Å². The van der Waals surface area contributed by atoms with Crippen molar-refractivity contribution in [3.8, 4) is 0 Å². The van der Waals surface area contributed by atoms with Crippen LogP contribution in [0.1, 0.15) is 57.6 Å². The van der Waals surface area contributed by atoms with Crippen molar-refractivity contribution in [3.63, 3.8) is 0 Å². The molecular formula is C21H32ClNOS2. The van der Waals surface area contributed by atoms with Crippen molar-refractivity contribution in [3.05, 3.63) is 29.3 Å². The number of carbonyl (C=O) groups excluding carboxylic acids is 1. The second kappa shape index (κ2) is 11.5. The number of hydrogen-bond acceptors (Lipinski definition) is 4. The molecule has 0 radical (unpaired) electrons. The number of benzene rings is 1. The summed E-state index contributed by atoms with van der Waals surface area (Å²) in [5.74, 6) is 2.52. The van der Waals surface area contributed by atoms with Crippen molar-refractivity contribution < 1.29 is 4.79 Å². The summed E-state index contributed by atoms with van der Waals surface area (Å²) in [7, 11) is 0. The van der Waals surface area contributed by atoms with Gasteiger partial charge >= 0.3 is 0 Å². The quantitative estimate of drug-likeness (QED) is 0.453. The molecule has 0 N–H and O–H groups in total. The Morgan fingerprint density at radius 2 is 1.73 bits per heavy atom. The molecule has 2 rings (SSSR count). The van der Waals surface area contributed by atoms with E-state index in [9.17, 15) is 4.79 Å². The van der Waals surface area contributed by atoms with Gasteiger partial charge in [0.2, 0.25) is 5.24 Å². The van der Waals surface area contributed by atoms with Gasteiger partial charge in [-0.25, -0.2) is 0 Å². The summed E-state index contributed by atoms with van der Waals surface area (Å²) in [6.07, 6.45) is 6.44. The van der Waals surface area contributed by atoms with Crippen molar-refractivity contribution in [2.75, 3.05) is 23.0 Å². The molecule has 0 saturated carbocycles. The van der Waals surface area contributed by atoms with Crippen LogP contribution < -0.4 is 4.90 Å². The lowest BCUT2D eigenvalue weighted by Crippen LogP contribution is -2.41. The van der Waals surface area contributed by atoms with E-state index in [0.717, 1.165) is 32.2 Å². The number of anilines is 1. The summed E-state index contributed by atoms with van der Waals surface area (Å²) < 4.78 is 0.627.